The quantitative estimate of drug-likeness (QED) is 0.750. The maximum absolute atomic E-state index is 5.73. The van der Waals surface area contributed by atoms with Crippen LogP contribution in [0, 0.1) is 0 Å². The number of thiazole rings is 1. The molecule has 3 aromatic heterocycles. The highest BCUT2D eigenvalue weighted by Gasteiger charge is 2.18. The lowest BCUT2D eigenvalue weighted by Crippen LogP contribution is -2.09. The number of anilines is 2. The SMILES string of the molecule is CC(C)(C)c1cnc(/C=C/c2cnc(Nc3cccnc3)s2)o1. The van der Waals surface area contributed by atoms with Gasteiger partial charge in [0, 0.05) is 28.8 Å². The van der Waals surface area contributed by atoms with Crippen LogP contribution in [0.4, 0.5) is 10.8 Å². The zero-order valence-electron chi connectivity index (χ0n) is 13.3. The smallest absolute Gasteiger partial charge is 0.218 e. The summed E-state index contributed by atoms with van der Waals surface area (Å²) in [5, 5.41) is 4.04. The summed E-state index contributed by atoms with van der Waals surface area (Å²) in [5.74, 6) is 1.48. The van der Waals surface area contributed by atoms with E-state index in [1.165, 1.54) is 0 Å². The van der Waals surface area contributed by atoms with Gasteiger partial charge in [-0.25, -0.2) is 9.97 Å². The van der Waals surface area contributed by atoms with Crippen molar-refractivity contribution in [3.63, 3.8) is 0 Å². The molecule has 3 heterocycles. The lowest BCUT2D eigenvalue weighted by molar-refractivity contribution is 0.403. The van der Waals surface area contributed by atoms with Crippen molar-refractivity contribution in [2.75, 3.05) is 5.32 Å². The molecule has 3 rings (SSSR count). The third-order valence-corrected chi connectivity index (χ3v) is 3.97. The number of pyridine rings is 1. The van der Waals surface area contributed by atoms with Gasteiger partial charge in [0.25, 0.3) is 0 Å². The van der Waals surface area contributed by atoms with Gasteiger partial charge in [-0.1, -0.05) is 32.1 Å². The molecule has 0 amide bonds. The molecule has 0 saturated heterocycles. The van der Waals surface area contributed by atoms with Crippen LogP contribution >= 0.6 is 11.3 Å². The molecular formula is C17H18N4OS. The predicted molar refractivity (Wildman–Crippen MR) is 93.8 cm³/mol. The van der Waals surface area contributed by atoms with Crippen LogP contribution in [0.15, 0.2) is 41.3 Å². The van der Waals surface area contributed by atoms with Crippen LogP contribution in [0.1, 0.15) is 37.3 Å². The van der Waals surface area contributed by atoms with Crippen molar-refractivity contribution in [3.05, 3.63) is 53.4 Å². The van der Waals surface area contributed by atoms with E-state index in [0.717, 1.165) is 21.5 Å². The first-order valence-electron chi connectivity index (χ1n) is 7.28. The summed E-state index contributed by atoms with van der Waals surface area (Å²) in [6.07, 6.45) is 10.9. The normalized spacial score (nSPS) is 12.0. The zero-order valence-corrected chi connectivity index (χ0v) is 14.1. The Bertz CT molecular complexity index is 799. The van der Waals surface area contributed by atoms with Crippen LogP contribution < -0.4 is 5.32 Å². The number of rotatable bonds is 4. The van der Waals surface area contributed by atoms with E-state index in [-0.39, 0.29) is 5.41 Å². The van der Waals surface area contributed by atoms with Crippen LogP contribution in [0.25, 0.3) is 12.2 Å². The third kappa shape index (κ3) is 4.04. The Morgan fingerprint density at radius 2 is 2.00 bits per heavy atom. The van der Waals surface area contributed by atoms with Crippen LogP contribution in [0.3, 0.4) is 0 Å². The highest BCUT2D eigenvalue weighted by atomic mass is 32.1. The standard InChI is InChI=1S/C17H18N4OS/c1-17(2,3)14-11-19-15(22-14)7-6-13-10-20-16(23-13)21-12-5-4-8-18-9-12/h4-11H,1-3H3,(H,20,21)/b7-6+. The molecule has 5 nitrogen and oxygen atoms in total. The molecule has 0 spiro atoms. The highest BCUT2D eigenvalue weighted by molar-refractivity contribution is 7.16. The van der Waals surface area contributed by atoms with E-state index in [1.807, 2.05) is 30.5 Å². The van der Waals surface area contributed by atoms with E-state index in [0.29, 0.717) is 5.89 Å². The number of hydrogen-bond acceptors (Lipinski definition) is 6. The Morgan fingerprint density at radius 1 is 1.13 bits per heavy atom. The summed E-state index contributed by atoms with van der Waals surface area (Å²) in [6.45, 7) is 6.29. The number of nitrogens with zero attached hydrogens (tertiary/aromatic N) is 3. The number of nitrogens with one attached hydrogen (secondary N) is 1. The molecule has 0 aliphatic rings. The first-order chi connectivity index (χ1) is 11.0. The van der Waals surface area contributed by atoms with E-state index in [2.05, 4.69) is 41.0 Å². The van der Waals surface area contributed by atoms with Crippen molar-refractivity contribution < 1.29 is 4.42 Å². The highest BCUT2D eigenvalue weighted by Crippen LogP contribution is 2.25. The van der Waals surface area contributed by atoms with Gasteiger partial charge in [0.05, 0.1) is 18.1 Å². The van der Waals surface area contributed by atoms with Crippen molar-refractivity contribution in [2.45, 2.75) is 26.2 Å². The lowest BCUT2D eigenvalue weighted by atomic mass is 9.94. The summed E-state index contributed by atoms with van der Waals surface area (Å²) in [6, 6.07) is 3.83. The molecule has 3 aromatic rings. The molecule has 0 fully saturated rings. The lowest BCUT2D eigenvalue weighted by Gasteiger charge is -2.12. The van der Waals surface area contributed by atoms with Gasteiger partial charge in [-0.3, -0.25) is 4.98 Å². The predicted octanol–water partition coefficient (Wildman–Crippen LogP) is 4.74. The van der Waals surface area contributed by atoms with Gasteiger partial charge in [-0.15, -0.1) is 0 Å². The molecule has 1 N–H and O–H groups in total. The Hall–Kier alpha value is -2.47. The maximum atomic E-state index is 5.73. The first kappa shape index (κ1) is 15.4. The molecular weight excluding hydrogens is 308 g/mol. The average molecular weight is 326 g/mol. The van der Waals surface area contributed by atoms with Crippen molar-refractivity contribution in [1.29, 1.82) is 0 Å². The second-order valence-corrected chi connectivity index (χ2v) is 7.14. The minimum atomic E-state index is -0.0373. The van der Waals surface area contributed by atoms with Gasteiger partial charge in [0.15, 0.2) is 5.13 Å². The third-order valence-electron chi connectivity index (χ3n) is 3.09. The summed E-state index contributed by atoms with van der Waals surface area (Å²) < 4.78 is 5.73. The number of aromatic nitrogens is 3. The van der Waals surface area contributed by atoms with Crippen LogP contribution in [0.2, 0.25) is 0 Å². The van der Waals surface area contributed by atoms with E-state index in [1.54, 1.807) is 29.9 Å². The molecule has 0 aromatic carbocycles. The summed E-state index contributed by atoms with van der Waals surface area (Å²) in [7, 11) is 0. The molecule has 0 aliphatic carbocycles. The van der Waals surface area contributed by atoms with Gasteiger partial charge >= 0.3 is 0 Å². The zero-order chi connectivity index (χ0) is 16.3. The Morgan fingerprint density at radius 3 is 2.70 bits per heavy atom. The van der Waals surface area contributed by atoms with Crippen molar-refractivity contribution >= 4 is 34.3 Å². The fourth-order valence-electron chi connectivity index (χ4n) is 1.85. The topological polar surface area (TPSA) is 63.8 Å². The summed E-state index contributed by atoms with van der Waals surface area (Å²) in [5.41, 5.74) is 0.879. The molecule has 6 heteroatoms. The number of oxazole rings is 1. The second kappa shape index (κ2) is 6.34. The van der Waals surface area contributed by atoms with Crippen LogP contribution in [-0.4, -0.2) is 15.0 Å². The van der Waals surface area contributed by atoms with Crippen molar-refractivity contribution in [3.8, 4) is 0 Å². The monoisotopic (exact) mass is 326 g/mol. The molecule has 0 atom stereocenters. The number of hydrogen-bond donors (Lipinski definition) is 1. The van der Waals surface area contributed by atoms with E-state index in [9.17, 15) is 0 Å². The molecule has 0 bridgehead atoms. The van der Waals surface area contributed by atoms with Crippen LogP contribution in [-0.2, 0) is 5.41 Å². The molecule has 0 unspecified atom stereocenters. The molecule has 0 saturated carbocycles. The Balaban J connectivity index is 1.68. The van der Waals surface area contributed by atoms with Gasteiger partial charge in [0.1, 0.15) is 5.76 Å². The first-order valence-corrected chi connectivity index (χ1v) is 8.10. The molecule has 0 aliphatic heterocycles. The van der Waals surface area contributed by atoms with Crippen molar-refractivity contribution in [1.82, 2.24) is 15.0 Å². The van der Waals surface area contributed by atoms with E-state index < -0.39 is 0 Å². The average Bonchev–Trinajstić information content (AvgIpc) is 3.15. The molecule has 23 heavy (non-hydrogen) atoms. The minimum Gasteiger partial charge on any atom is -0.441 e. The van der Waals surface area contributed by atoms with Crippen LogP contribution in [0.5, 0.6) is 0 Å². The fraction of sp³-hybridized carbons (Fsp3) is 0.235. The van der Waals surface area contributed by atoms with E-state index in [4.69, 9.17) is 4.42 Å². The Labute approximate surface area is 139 Å². The van der Waals surface area contributed by atoms with E-state index >= 15 is 0 Å². The summed E-state index contributed by atoms with van der Waals surface area (Å²) in [4.78, 5) is 13.7. The second-order valence-electron chi connectivity index (χ2n) is 6.08. The van der Waals surface area contributed by atoms with Crippen molar-refractivity contribution in [2.24, 2.45) is 0 Å². The largest absolute Gasteiger partial charge is 0.441 e. The van der Waals surface area contributed by atoms with Gasteiger partial charge in [-0.2, -0.15) is 0 Å². The maximum Gasteiger partial charge on any atom is 0.218 e. The van der Waals surface area contributed by atoms with Gasteiger partial charge in [0.2, 0.25) is 5.89 Å². The minimum absolute atomic E-state index is 0.0373. The summed E-state index contributed by atoms with van der Waals surface area (Å²) >= 11 is 1.55. The van der Waals surface area contributed by atoms with Gasteiger partial charge < -0.3 is 9.73 Å². The molecule has 118 valence electrons. The Kier molecular flexibility index (Phi) is 4.25. The fourth-order valence-corrected chi connectivity index (χ4v) is 2.59. The molecule has 0 radical (unpaired) electrons. The van der Waals surface area contributed by atoms with Gasteiger partial charge in [-0.05, 0) is 18.2 Å².